The summed E-state index contributed by atoms with van der Waals surface area (Å²) >= 11 is 3.46. The number of hydrogen-bond donors (Lipinski definition) is 0. The minimum absolute atomic E-state index is 0.0374. The van der Waals surface area contributed by atoms with Crippen molar-refractivity contribution >= 4 is 38.7 Å². The first-order valence-electron chi connectivity index (χ1n) is 12.5. The Morgan fingerprint density at radius 1 is 1.02 bits per heavy atom. The highest BCUT2D eigenvalue weighted by Crippen LogP contribution is 2.34. The average molecular weight is 653 g/mol. The third-order valence-corrected chi connectivity index (χ3v) is 7.03. The van der Waals surface area contributed by atoms with E-state index in [4.69, 9.17) is 9.47 Å². The molecule has 4 aromatic carbocycles. The number of alkyl halides is 3. The minimum atomic E-state index is -4.59. The average Bonchev–Trinajstić information content (AvgIpc) is 3.00. The van der Waals surface area contributed by atoms with Gasteiger partial charge in [0.1, 0.15) is 6.61 Å². The standard InChI is InChI=1S/C30H20BrF3N4O5/c1-42-26-14-20(24(31)15-27(26)43-17-18-9-11-22(12-10-18)38(40)41)16-35-37-28(19-5-4-6-21(13-19)30(32,33)34)36-25-8-3-2-7-23(25)29(37)39/h2-16H,17H2,1H3. The molecule has 0 bridgehead atoms. The van der Waals surface area contributed by atoms with E-state index in [1.54, 1.807) is 48.5 Å². The van der Waals surface area contributed by atoms with Crippen molar-refractivity contribution in [3.05, 3.63) is 127 Å². The molecule has 1 aromatic heterocycles. The Morgan fingerprint density at radius 2 is 1.77 bits per heavy atom. The van der Waals surface area contributed by atoms with Gasteiger partial charge in [0.2, 0.25) is 0 Å². The number of benzene rings is 4. The molecule has 5 aromatic rings. The molecule has 0 spiro atoms. The number of rotatable bonds is 8. The van der Waals surface area contributed by atoms with Crippen molar-refractivity contribution < 1.29 is 27.6 Å². The lowest BCUT2D eigenvalue weighted by Crippen LogP contribution is -2.20. The first-order chi connectivity index (χ1) is 20.5. The maximum absolute atomic E-state index is 13.5. The van der Waals surface area contributed by atoms with Crippen LogP contribution in [-0.4, -0.2) is 27.9 Å². The molecule has 0 radical (unpaired) electrons. The van der Waals surface area contributed by atoms with Crippen LogP contribution in [0.25, 0.3) is 22.3 Å². The van der Waals surface area contributed by atoms with Gasteiger partial charge in [0.25, 0.3) is 11.2 Å². The van der Waals surface area contributed by atoms with Crippen LogP contribution >= 0.6 is 15.9 Å². The zero-order chi connectivity index (χ0) is 30.7. The van der Waals surface area contributed by atoms with E-state index in [1.807, 2.05) is 0 Å². The highest BCUT2D eigenvalue weighted by molar-refractivity contribution is 9.10. The Hall–Kier alpha value is -5.04. The van der Waals surface area contributed by atoms with Crippen molar-refractivity contribution in [1.29, 1.82) is 0 Å². The van der Waals surface area contributed by atoms with Gasteiger partial charge >= 0.3 is 6.18 Å². The summed E-state index contributed by atoms with van der Waals surface area (Å²) in [6, 6.07) is 20.1. The Labute approximate surface area is 250 Å². The van der Waals surface area contributed by atoms with Gasteiger partial charge in [-0.05, 0) is 70.0 Å². The van der Waals surface area contributed by atoms with Crippen LogP contribution < -0.4 is 15.0 Å². The Balaban J connectivity index is 1.51. The number of nitrogens with zero attached hydrogens (tertiary/aromatic N) is 4. The second-order valence-electron chi connectivity index (χ2n) is 9.13. The fourth-order valence-corrected chi connectivity index (χ4v) is 4.59. The Kier molecular flexibility index (Phi) is 8.26. The first kappa shape index (κ1) is 29.5. The van der Waals surface area contributed by atoms with Crippen molar-refractivity contribution in [1.82, 2.24) is 9.66 Å². The van der Waals surface area contributed by atoms with Crippen LogP contribution in [0.3, 0.4) is 0 Å². The maximum atomic E-state index is 13.5. The van der Waals surface area contributed by atoms with Crippen LogP contribution in [0.15, 0.2) is 99.3 Å². The van der Waals surface area contributed by atoms with E-state index < -0.39 is 22.2 Å². The third-order valence-electron chi connectivity index (χ3n) is 6.34. The van der Waals surface area contributed by atoms with Crippen LogP contribution in [-0.2, 0) is 12.8 Å². The summed E-state index contributed by atoms with van der Waals surface area (Å²) in [6.07, 6.45) is -3.24. The summed E-state index contributed by atoms with van der Waals surface area (Å²) in [4.78, 5) is 28.3. The summed E-state index contributed by atoms with van der Waals surface area (Å²) in [7, 11) is 1.44. The number of ether oxygens (including phenoxy) is 2. The molecule has 43 heavy (non-hydrogen) atoms. The Bertz CT molecular complexity index is 1930. The van der Waals surface area contributed by atoms with Gasteiger partial charge in [0.05, 0.1) is 34.7 Å². The minimum Gasteiger partial charge on any atom is -0.493 e. The monoisotopic (exact) mass is 652 g/mol. The van der Waals surface area contributed by atoms with Gasteiger partial charge in [0.15, 0.2) is 17.3 Å². The number of halogens is 4. The van der Waals surface area contributed by atoms with E-state index >= 15 is 0 Å². The van der Waals surface area contributed by atoms with E-state index in [9.17, 15) is 28.1 Å². The van der Waals surface area contributed by atoms with Gasteiger partial charge in [-0.3, -0.25) is 14.9 Å². The molecule has 0 amide bonds. The van der Waals surface area contributed by atoms with Crippen molar-refractivity contribution in [2.45, 2.75) is 12.8 Å². The highest BCUT2D eigenvalue weighted by Gasteiger charge is 2.31. The van der Waals surface area contributed by atoms with Crippen molar-refractivity contribution in [3.8, 4) is 22.9 Å². The molecule has 218 valence electrons. The molecule has 0 saturated heterocycles. The SMILES string of the molecule is COc1cc(C=Nn2c(-c3cccc(C(F)(F)F)c3)nc3ccccc3c2=O)c(Br)cc1OCc1ccc([N+](=O)[O-])cc1. The maximum Gasteiger partial charge on any atom is 0.416 e. The number of hydrogen-bond acceptors (Lipinski definition) is 7. The topological polar surface area (TPSA) is 109 Å². The predicted octanol–water partition coefficient (Wildman–Crippen LogP) is 7.22. The molecular formula is C30H20BrF3N4O5. The molecule has 13 heteroatoms. The van der Waals surface area contributed by atoms with Crippen LogP contribution in [0.1, 0.15) is 16.7 Å². The van der Waals surface area contributed by atoms with E-state index in [0.717, 1.165) is 16.8 Å². The summed E-state index contributed by atoms with van der Waals surface area (Å²) in [6.45, 7) is 0.104. The number of nitro groups is 1. The number of methoxy groups -OCH3 is 1. The molecule has 5 rings (SSSR count). The van der Waals surface area contributed by atoms with E-state index in [0.29, 0.717) is 32.6 Å². The number of nitro benzene ring substituents is 1. The zero-order valence-corrected chi connectivity index (χ0v) is 23.8. The lowest BCUT2D eigenvalue weighted by Gasteiger charge is -2.13. The Morgan fingerprint density at radius 3 is 2.47 bits per heavy atom. The van der Waals surface area contributed by atoms with Crippen molar-refractivity contribution in [3.63, 3.8) is 0 Å². The summed E-state index contributed by atoms with van der Waals surface area (Å²) in [5.74, 6) is 0.616. The molecule has 0 fully saturated rings. The fourth-order valence-electron chi connectivity index (χ4n) is 4.17. The van der Waals surface area contributed by atoms with Gasteiger partial charge in [0, 0.05) is 27.7 Å². The lowest BCUT2D eigenvalue weighted by atomic mass is 10.1. The number of aromatic nitrogens is 2. The van der Waals surface area contributed by atoms with Gasteiger partial charge in [-0.2, -0.15) is 22.9 Å². The van der Waals surface area contributed by atoms with E-state index in [2.05, 4.69) is 26.0 Å². The van der Waals surface area contributed by atoms with Crippen LogP contribution in [0, 0.1) is 10.1 Å². The quantitative estimate of drug-likeness (QED) is 0.0994. The van der Waals surface area contributed by atoms with Crippen LogP contribution in [0.2, 0.25) is 0 Å². The van der Waals surface area contributed by atoms with Crippen LogP contribution in [0.5, 0.6) is 11.5 Å². The lowest BCUT2D eigenvalue weighted by molar-refractivity contribution is -0.384. The van der Waals surface area contributed by atoms with Gasteiger partial charge in [-0.1, -0.05) is 24.3 Å². The number of para-hydroxylation sites is 1. The molecule has 0 atom stereocenters. The van der Waals surface area contributed by atoms with Gasteiger partial charge in [-0.25, -0.2) is 4.98 Å². The largest absolute Gasteiger partial charge is 0.493 e. The number of fused-ring (bicyclic) bond motifs is 1. The second kappa shape index (κ2) is 12.1. The summed E-state index contributed by atoms with van der Waals surface area (Å²) in [5.41, 5.74) is 0.0317. The molecule has 0 aliphatic rings. The van der Waals surface area contributed by atoms with E-state index in [-0.39, 0.29) is 29.1 Å². The molecule has 0 aliphatic heterocycles. The van der Waals surface area contributed by atoms with Crippen molar-refractivity contribution in [2.24, 2.45) is 5.10 Å². The zero-order valence-electron chi connectivity index (χ0n) is 22.2. The van der Waals surface area contributed by atoms with Gasteiger partial charge < -0.3 is 9.47 Å². The molecule has 0 unspecified atom stereocenters. The molecule has 0 saturated carbocycles. The molecule has 1 heterocycles. The highest BCUT2D eigenvalue weighted by atomic mass is 79.9. The van der Waals surface area contributed by atoms with E-state index in [1.165, 1.54) is 37.6 Å². The summed E-state index contributed by atoms with van der Waals surface area (Å²) < 4.78 is 53.2. The second-order valence-corrected chi connectivity index (χ2v) is 9.98. The summed E-state index contributed by atoms with van der Waals surface area (Å²) in [5, 5.41) is 15.5. The number of non-ortho nitro benzene ring substituents is 1. The molecular weight excluding hydrogens is 633 g/mol. The molecule has 0 N–H and O–H groups in total. The third kappa shape index (κ3) is 6.41. The van der Waals surface area contributed by atoms with Crippen molar-refractivity contribution in [2.75, 3.05) is 7.11 Å². The van der Waals surface area contributed by atoms with Crippen LogP contribution in [0.4, 0.5) is 18.9 Å². The molecule has 9 nitrogen and oxygen atoms in total. The predicted molar refractivity (Wildman–Crippen MR) is 158 cm³/mol. The first-order valence-corrected chi connectivity index (χ1v) is 13.3. The normalized spacial score (nSPS) is 11.7. The fraction of sp³-hybridized carbons (Fsp3) is 0.100. The smallest absolute Gasteiger partial charge is 0.416 e. The molecule has 0 aliphatic carbocycles. The van der Waals surface area contributed by atoms with Gasteiger partial charge in [-0.15, -0.1) is 0 Å².